The lowest BCUT2D eigenvalue weighted by molar-refractivity contribution is -0.404. The minimum absolute atomic E-state index is 0.352. The third-order valence-corrected chi connectivity index (χ3v) is 2.35. The molecule has 0 unspecified atom stereocenters. The highest BCUT2D eigenvalue weighted by atomic mass is 16.6. The smallest absolute Gasteiger partial charge is 0.324 e. The van der Waals surface area contributed by atoms with Crippen LogP contribution < -0.4 is 11.5 Å². The van der Waals surface area contributed by atoms with E-state index in [2.05, 4.69) is 10.2 Å². The van der Waals surface area contributed by atoms with Gasteiger partial charge in [-0.15, -0.1) is 5.10 Å². The molecule has 0 amide bonds. The maximum Gasteiger partial charge on any atom is 0.324 e. The molecule has 14 nitrogen and oxygen atoms in total. The van der Waals surface area contributed by atoms with Gasteiger partial charge in [-0.2, -0.15) is 5.10 Å². The number of nitrogens with two attached hydrogens (primary N) is 2. The van der Waals surface area contributed by atoms with Gasteiger partial charge in [-0.1, -0.05) is 0 Å². The molecule has 0 atom stereocenters. The van der Waals surface area contributed by atoms with E-state index in [0.29, 0.717) is 23.6 Å². The van der Waals surface area contributed by atoms with Crippen molar-refractivity contribution < 1.29 is 19.9 Å². The molecule has 0 bridgehead atoms. The first-order chi connectivity index (χ1) is 11.1. The van der Waals surface area contributed by atoms with Crippen LogP contribution in [0.3, 0.4) is 0 Å². The van der Waals surface area contributed by atoms with Crippen molar-refractivity contribution in [1.82, 2.24) is 10.2 Å². The molecule has 126 valence electrons. The van der Waals surface area contributed by atoms with Crippen molar-refractivity contribution in [2.45, 2.75) is 0 Å². The molecule has 2 aromatic rings. The second-order valence-corrected chi connectivity index (χ2v) is 4.02. The molecule has 1 aromatic heterocycles. The summed E-state index contributed by atoms with van der Waals surface area (Å²) in [5.74, 6) is -0.856. The minimum Gasteiger partial charge on any atom is -0.497 e. The Kier molecular flexibility index (Phi) is 5.42. The molecule has 0 saturated heterocycles. The number of rotatable bonds is 3. The molecule has 0 spiro atoms. The molecule has 24 heavy (non-hydrogen) atoms. The van der Waals surface area contributed by atoms with Crippen LogP contribution in [0.15, 0.2) is 24.4 Å². The molecule has 1 heterocycles. The van der Waals surface area contributed by atoms with Gasteiger partial charge in [0, 0.05) is 6.07 Å². The van der Waals surface area contributed by atoms with E-state index in [0.717, 1.165) is 0 Å². The largest absolute Gasteiger partial charge is 0.497 e. The Balaban J connectivity index is 0.000000300. The zero-order chi connectivity index (χ0) is 18.4. The van der Waals surface area contributed by atoms with Crippen LogP contribution in [0, 0.1) is 30.3 Å². The van der Waals surface area contributed by atoms with Crippen LogP contribution >= 0.6 is 0 Å². The summed E-state index contributed by atoms with van der Waals surface area (Å²) in [6.07, 6.45) is 1.44. The normalized spacial score (nSPS) is 9.50. The third kappa shape index (κ3) is 4.45. The number of anilines is 2. The Bertz CT molecular complexity index is 758. The lowest BCUT2D eigenvalue weighted by Gasteiger charge is -1.97. The van der Waals surface area contributed by atoms with Crippen molar-refractivity contribution in [2.75, 3.05) is 11.5 Å². The summed E-state index contributed by atoms with van der Waals surface area (Å²) < 4.78 is 0. The number of aromatic hydroxyl groups is 1. The van der Waals surface area contributed by atoms with E-state index in [9.17, 15) is 30.3 Å². The Labute approximate surface area is 131 Å². The van der Waals surface area contributed by atoms with E-state index in [-0.39, 0.29) is 0 Å². The standard InChI is InChI=1S/C6H3N3O7.C4H6N4/c10-6-4(8(13)14)1-3(7(11)12)2-5(6)9(15)16;5-3-1-4(6)8-7-2-3/h1-2,10H;1-2H,(H4,5,6,8). The van der Waals surface area contributed by atoms with Crippen LogP contribution in [0.5, 0.6) is 5.75 Å². The predicted molar refractivity (Wildman–Crippen MR) is 78.9 cm³/mol. The second-order valence-electron chi connectivity index (χ2n) is 4.02. The SMILES string of the molecule is Nc1cnnc(N)c1.O=[N+]([O-])c1cc([N+](=O)[O-])c(O)c([N+](=O)[O-])c1. The second kappa shape index (κ2) is 7.25. The molecule has 0 aliphatic carbocycles. The quantitative estimate of drug-likeness (QED) is 0.521. The van der Waals surface area contributed by atoms with Gasteiger partial charge in [-0.05, 0) is 0 Å². The van der Waals surface area contributed by atoms with Gasteiger partial charge in [-0.25, -0.2) is 0 Å². The number of nitrogens with zero attached hydrogens (tertiary/aromatic N) is 5. The maximum absolute atomic E-state index is 10.4. The van der Waals surface area contributed by atoms with Gasteiger partial charge in [0.2, 0.25) is 0 Å². The van der Waals surface area contributed by atoms with Crippen LogP contribution in [0.4, 0.5) is 28.6 Å². The molecular weight excluding hydrogens is 330 g/mol. The number of phenolic OH excluding ortho intramolecular Hbond substituents is 1. The molecule has 0 saturated carbocycles. The number of nitrogen functional groups attached to an aromatic ring is 2. The van der Waals surface area contributed by atoms with Gasteiger partial charge in [0.15, 0.2) is 0 Å². The average molecular weight is 339 g/mol. The Morgan fingerprint density at radius 2 is 1.42 bits per heavy atom. The molecule has 5 N–H and O–H groups in total. The Morgan fingerprint density at radius 3 is 1.71 bits per heavy atom. The van der Waals surface area contributed by atoms with Crippen LogP contribution in [0.2, 0.25) is 0 Å². The van der Waals surface area contributed by atoms with E-state index in [1.807, 2.05) is 0 Å². The lowest BCUT2D eigenvalue weighted by Crippen LogP contribution is -1.97. The van der Waals surface area contributed by atoms with E-state index in [1.54, 1.807) is 6.07 Å². The monoisotopic (exact) mass is 339 g/mol. The van der Waals surface area contributed by atoms with Gasteiger partial charge < -0.3 is 16.6 Å². The number of nitro groups is 3. The van der Waals surface area contributed by atoms with Crippen molar-refractivity contribution in [3.05, 3.63) is 54.7 Å². The third-order valence-electron chi connectivity index (χ3n) is 2.35. The molecule has 14 heteroatoms. The summed E-state index contributed by atoms with van der Waals surface area (Å²) in [4.78, 5) is 27.8. The van der Waals surface area contributed by atoms with Crippen molar-refractivity contribution in [3.8, 4) is 5.75 Å². The molecule has 0 aliphatic rings. The van der Waals surface area contributed by atoms with Gasteiger partial charge in [0.1, 0.15) is 5.82 Å². The number of nitro benzene ring substituents is 3. The topological polar surface area (TPSA) is 227 Å². The van der Waals surface area contributed by atoms with E-state index < -0.39 is 37.6 Å². The summed E-state index contributed by atoms with van der Waals surface area (Å²) in [5.41, 5.74) is 8.02. The van der Waals surface area contributed by atoms with Crippen LogP contribution in [-0.2, 0) is 0 Å². The summed E-state index contributed by atoms with van der Waals surface area (Å²) in [6, 6.07) is 2.44. The molecule has 0 fully saturated rings. The van der Waals surface area contributed by atoms with Crippen molar-refractivity contribution >= 4 is 28.6 Å². The first-order valence-electron chi connectivity index (χ1n) is 5.77. The number of non-ortho nitro benzene ring substituents is 1. The number of hydrogen-bond acceptors (Lipinski definition) is 11. The summed E-state index contributed by atoms with van der Waals surface area (Å²) in [5, 5.41) is 47.2. The first-order valence-corrected chi connectivity index (χ1v) is 5.77. The van der Waals surface area contributed by atoms with Gasteiger partial charge in [0.05, 0.1) is 38.8 Å². The van der Waals surface area contributed by atoms with Crippen LogP contribution in [0.25, 0.3) is 0 Å². The van der Waals surface area contributed by atoms with Gasteiger partial charge >= 0.3 is 11.4 Å². The maximum atomic E-state index is 10.4. The van der Waals surface area contributed by atoms with Crippen LogP contribution in [0.1, 0.15) is 0 Å². The summed E-state index contributed by atoms with van der Waals surface area (Å²) in [7, 11) is 0. The molecular formula is C10H9N7O7. The number of aromatic nitrogens is 2. The zero-order valence-electron chi connectivity index (χ0n) is 11.6. The van der Waals surface area contributed by atoms with Gasteiger partial charge in [0.25, 0.3) is 11.4 Å². The summed E-state index contributed by atoms with van der Waals surface area (Å²) >= 11 is 0. The Hall–Kier alpha value is -4.10. The van der Waals surface area contributed by atoms with Crippen LogP contribution in [-0.4, -0.2) is 30.1 Å². The van der Waals surface area contributed by atoms with Crippen molar-refractivity contribution in [3.63, 3.8) is 0 Å². The molecule has 2 rings (SSSR count). The fourth-order valence-electron chi connectivity index (χ4n) is 1.37. The Morgan fingerprint density at radius 1 is 0.917 bits per heavy atom. The van der Waals surface area contributed by atoms with E-state index in [1.165, 1.54) is 6.20 Å². The highest BCUT2D eigenvalue weighted by Crippen LogP contribution is 2.38. The number of phenols is 1. The van der Waals surface area contributed by atoms with Crippen molar-refractivity contribution in [2.24, 2.45) is 0 Å². The van der Waals surface area contributed by atoms with Gasteiger partial charge in [-0.3, -0.25) is 30.3 Å². The fraction of sp³-hybridized carbons (Fsp3) is 0. The fourth-order valence-corrected chi connectivity index (χ4v) is 1.37. The lowest BCUT2D eigenvalue weighted by atomic mass is 10.2. The van der Waals surface area contributed by atoms with Crippen molar-refractivity contribution in [1.29, 1.82) is 0 Å². The molecule has 1 aromatic carbocycles. The molecule has 0 radical (unpaired) electrons. The zero-order valence-corrected chi connectivity index (χ0v) is 11.6. The predicted octanol–water partition coefficient (Wildman–Crippen LogP) is 0.758. The highest BCUT2D eigenvalue weighted by molar-refractivity contribution is 5.64. The molecule has 0 aliphatic heterocycles. The first kappa shape index (κ1) is 18.0. The minimum atomic E-state index is -1.21. The average Bonchev–Trinajstić information content (AvgIpc) is 2.46. The number of benzene rings is 1. The summed E-state index contributed by atoms with van der Waals surface area (Å²) in [6.45, 7) is 0. The van der Waals surface area contributed by atoms with E-state index >= 15 is 0 Å². The highest BCUT2D eigenvalue weighted by Gasteiger charge is 2.30. The number of hydrogen-bond donors (Lipinski definition) is 3. The van der Waals surface area contributed by atoms with E-state index in [4.69, 9.17) is 16.6 Å².